The zero-order valence-corrected chi connectivity index (χ0v) is 13.0. The highest BCUT2D eigenvalue weighted by atomic mass is 79.9. The molecule has 0 aliphatic carbocycles. The molecule has 4 nitrogen and oxygen atoms in total. The first-order valence-corrected chi connectivity index (χ1v) is 7.70. The molecular weight excluding hydrogens is 312 g/mol. The maximum Gasteiger partial charge on any atom is 0.149 e. The van der Waals surface area contributed by atoms with Gasteiger partial charge in [-0.05, 0) is 25.8 Å². The first-order chi connectivity index (χ1) is 8.65. The van der Waals surface area contributed by atoms with Crippen molar-refractivity contribution in [2.45, 2.75) is 38.4 Å². The van der Waals surface area contributed by atoms with Gasteiger partial charge in [0.2, 0.25) is 0 Å². The highest BCUT2D eigenvalue weighted by Gasteiger charge is 2.15. The number of alkyl halides is 1. The second-order valence-electron chi connectivity index (χ2n) is 4.02. The van der Waals surface area contributed by atoms with Crippen LogP contribution in [-0.2, 0) is 6.42 Å². The van der Waals surface area contributed by atoms with Gasteiger partial charge in [0.25, 0.3) is 0 Å². The van der Waals surface area contributed by atoms with Crippen LogP contribution in [0.3, 0.4) is 0 Å². The monoisotopic (exact) mass is 326 g/mol. The van der Waals surface area contributed by atoms with Crippen LogP contribution in [0.2, 0.25) is 0 Å². The fraction of sp³-hybridized carbons (Fsp3) is 0.500. The summed E-state index contributed by atoms with van der Waals surface area (Å²) >= 11 is 5.22. The van der Waals surface area contributed by atoms with Gasteiger partial charge in [0.05, 0.1) is 16.2 Å². The molecule has 18 heavy (non-hydrogen) atoms. The SMILES string of the molecule is CCc1nnc(C)cc1-c1nnc(C(Br)CC)s1. The van der Waals surface area contributed by atoms with Gasteiger partial charge in [0.1, 0.15) is 10.0 Å². The topological polar surface area (TPSA) is 51.6 Å². The van der Waals surface area contributed by atoms with Crippen LogP contribution in [0, 0.1) is 6.92 Å². The molecule has 6 heteroatoms. The van der Waals surface area contributed by atoms with Gasteiger partial charge in [-0.15, -0.1) is 10.2 Å². The lowest BCUT2D eigenvalue weighted by molar-refractivity contribution is 0.867. The largest absolute Gasteiger partial charge is 0.156 e. The van der Waals surface area contributed by atoms with Crippen LogP contribution in [0.15, 0.2) is 6.07 Å². The van der Waals surface area contributed by atoms with E-state index in [2.05, 4.69) is 50.2 Å². The highest BCUT2D eigenvalue weighted by Crippen LogP contribution is 2.33. The molecule has 2 aromatic heterocycles. The minimum atomic E-state index is 0.282. The number of aromatic nitrogens is 4. The number of hydrogen-bond donors (Lipinski definition) is 0. The van der Waals surface area contributed by atoms with E-state index in [9.17, 15) is 0 Å². The maximum atomic E-state index is 4.28. The standard InChI is InChI=1S/C12H15BrN4S/c1-4-9(13)12-17-16-11(18-12)8-6-7(3)14-15-10(8)5-2/h6,9H,4-5H2,1-3H3. The molecule has 0 N–H and O–H groups in total. The van der Waals surface area contributed by atoms with E-state index in [4.69, 9.17) is 0 Å². The predicted molar refractivity (Wildman–Crippen MR) is 77.0 cm³/mol. The minimum absolute atomic E-state index is 0.282. The molecule has 1 atom stereocenters. The van der Waals surface area contributed by atoms with Gasteiger partial charge in [0, 0.05) is 5.56 Å². The molecule has 0 radical (unpaired) electrons. The Balaban J connectivity index is 2.42. The van der Waals surface area contributed by atoms with Crippen LogP contribution in [0.1, 0.15) is 41.5 Å². The van der Waals surface area contributed by atoms with Crippen molar-refractivity contribution in [3.63, 3.8) is 0 Å². The molecule has 0 saturated carbocycles. The van der Waals surface area contributed by atoms with Crippen molar-refractivity contribution in [2.24, 2.45) is 0 Å². The Morgan fingerprint density at radius 2 is 2.00 bits per heavy atom. The molecule has 0 aliphatic rings. The molecule has 96 valence electrons. The summed E-state index contributed by atoms with van der Waals surface area (Å²) in [5, 5.41) is 18.8. The molecule has 0 fully saturated rings. The summed E-state index contributed by atoms with van der Waals surface area (Å²) < 4.78 is 0. The minimum Gasteiger partial charge on any atom is -0.156 e. The van der Waals surface area contributed by atoms with Crippen molar-refractivity contribution in [1.29, 1.82) is 0 Å². The first kappa shape index (κ1) is 13.5. The quantitative estimate of drug-likeness (QED) is 0.803. The normalized spacial score (nSPS) is 12.7. The zero-order chi connectivity index (χ0) is 13.1. The smallest absolute Gasteiger partial charge is 0.149 e. The van der Waals surface area contributed by atoms with Crippen molar-refractivity contribution < 1.29 is 0 Å². The average Bonchev–Trinajstić information content (AvgIpc) is 2.87. The summed E-state index contributed by atoms with van der Waals surface area (Å²) in [5.41, 5.74) is 2.94. The fourth-order valence-electron chi connectivity index (χ4n) is 1.61. The van der Waals surface area contributed by atoms with E-state index < -0.39 is 0 Å². The van der Waals surface area contributed by atoms with Crippen molar-refractivity contribution in [2.75, 3.05) is 0 Å². The molecule has 2 aromatic rings. The van der Waals surface area contributed by atoms with Crippen molar-refractivity contribution in [3.05, 3.63) is 22.5 Å². The van der Waals surface area contributed by atoms with Gasteiger partial charge < -0.3 is 0 Å². The number of halogens is 1. The van der Waals surface area contributed by atoms with E-state index in [1.807, 2.05) is 13.0 Å². The zero-order valence-electron chi connectivity index (χ0n) is 10.6. The Morgan fingerprint density at radius 3 is 2.67 bits per heavy atom. The van der Waals surface area contributed by atoms with Crippen molar-refractivity contribution >= 4 is 27.3 Å². The van der Waals surface area contributed by atoms with Crippen LogP contribution in [0.4, 0.5) is 0 Å². The number of nitrogens with zero attached hydrogens (tertiary/aromatic N) is 4. The van der Waals surface area contributed by atoms with Crippen molar-refractivity contribution in [1.82, 2.24) is 20.4 Å². The van der Waals surface area contributed by atoms with E-state index in [0.29, 0.717) is 0 Å². The lowest BCUT2D eigenvalue weighted by Gasteiger charge is -2.03. The van der Waals surface area contributed by atoms with E-state index in [-0.39, 0.29) is 4.83 Å². The van der Waals surface area contributed by atoms with E-state index in [1.165, 1.54) is 0 Å². The number of hydrogen-bond acceptors (Lipinski definition) is 5. The molecule has 2 heterocycles. The van der Waals surface area contributed by atoms with Gasteiger partial charge in [-0.3, -0.25) is 0 Å². The molecular formula is C12H15BrN4S. The Hall–Kier alpha value is -0.880. The van der Waals surface area contributed by atoms with Crippen LogP contribution in [-0.4, -0.2) is 20.4 Å². The predicted octanol–water partition coefficient (Wildman–Crippen LogP) is 3.71. The molecule has 0 saturated heterocycles. The molecule has 0 bridgehead atoms. The van der Waals surface area contributed by atoms with Crippen LogP contribution in [0.5, 0.6) is 0 Å². The third-order valence-corrected chi connectivity index (χ3v) is 5.08. The van der Waals surface area contributed by atoms with Gasteiger partial charge in [-0.25, -0.2) is 0 Å². The summed E-state index contributed by atoms with van der Waals surface area (Å²) in [4.78, 5) is 0.282. The van der Waals surface area contributed by atoms with E-state index in [1.54, 1.807) is 11.3 Å². The molecule has 0 amide bonds. The van der Waals surface area contributed by atoms with Gasteiger partial charge in [-0.2, -0.15) is 10.2 Å². The lowest BCUT2D eigenvalue weighted by atomic mass is 10.1. The second-order valence-corrected chi connectivity index (χ2v) is 6.14. The summed E-state index contributed by atoms with van der Waals surface area (Å²) in [6, 6.07) is 2.03. The Bertz CT molecular complexity index is 541. The Kier molecular flexibility index (Phi) is 4.40. The lowest BCUT2D eigenvalue weighted by Crippen LogP contribution is -1.97. The van der Waals surface area contributed by atoms with Crippen LogP contribution < -0.4 is 0 Å². The highest BCUT2D eigenvalue weighted by molar-refractivity contribution is 9.09. The average molecular weight is 327 g/mol. The summed E-state index contributed by atoms with van der Waals surface area (Å²) in [6.45, 7) is 6.14. The first-order valence-electron chi connectivity index (χ1n) is 5.96. The summed E-state index contributed by atoms with van der Waals surface area (Å²) in [6.07, 6.45) is 1.85. The fourth-order valence-corrected chi connectivity index (χ4v) is 2.92. The van der Waals surface area contributed by atoms with E-state index >= 15 is 0 Å². The second kappa shape index (κ2) is 5.84. The molecule has 1 unspecified atom stereocenters. The third kappa shape index (κ3) is 2.75. The van der Waals surface area contributed by atoms with Crippen LogP contribution in [0.25, 0.3) is 10.6 Å². The number of rotatable bonds is 4. The molecule has 0 spiro atoms. The van der Waals surface area contributed by atoms with Gasteiger partial charge in [0.15, 0.2) is 0 Å². The Labute approximate surface area is 119 Å². The maximum absolute atomic E-state index is 4.28. The Morgan fingerprint density at radius 1 is 1.22 bits per heavy atom. The third-order valence-electron chi connectivity index (χ3n) is 2.62. The van der Waals surface area contributed by atoms with Crippen LogP contribution >= 0.6 is 27.3 Å². The number of aryl methyl sites for hydroxylation is 2. The van der Waals surface area contributed by atoms with E-state index in [0.717, 1.165) is 39.8 Å². The molecule has 0 aromatic carbocycles. The van der Waals surface area contributed by atoms with Crippen molar-refractivity contribution in [3.8, 4) is 10.6 Å². The molecule has 0 aliphatic heterocycles. The molecule has 2 rings (SSSR count). The van der Waals surface area contributed by atoms with Gasteiger partial charge in [-0.1, -0.05) is 41.1 Å². The van der Waals surface area contributed by atoms with Gasteiger partial charge >= 0.3 is 0 Å². The summed E-state index contributed by atoms with van der Waals surface area (Å²) in [7, 11) is 0. The summed E-state index contributed by atoms with van der Waals surface area (Å²) in [5.74, 6) is 0.